The van der Waals surface area contributed by atoms with Crippen LogP contribution in [0.15, 0.2) is 66.9 Å². The molecule has 1 amide bonds. The molecule has 0 atom stereocenters. The maximum atomic E-state index is 11.8. The molecule has 4 heteroatoms. The Balaban J connectivity index is 1.46. The normalized spacial score (nSPS) is 10.7. The van der Waals surface area contributed by atoms with Crippen LogP contribution in [-0.4, -0.2) is 10.5 Å². The number of benzene rings is 2. The lowest BCUT2D eigenvalue weighted by Gasteiger charge is -2.07. The summed E-state index contributed by atoms with van der Waals surface area (Å²) in [6, 6.07) is 19.9. The number of rotatable bonds is 6. The lowest BCUT2D eigenvalue weighted by atomic mass is 10.2. The molecule has 2 aromatic carbocycles. The Bertz CT molecular complexity index is 750. The smallest absolute Gasteiger partial charge is 0.245 e. The van der Waals surface area contributed by atoms with Crippen molar-refractivity contribution in [1.82, 2.24) is 10.0 Å². The van der Waals surface area contributed by atoms with Gasteiger partial charge in [-0.2, -0.15) is 0 Å². The highest BCUT2D eigenvalue weighted by atomic mass is 16.6. The molecule has 0 saturated carbocycles. The summed E-state index contributed by atoms with van der Waals surface area (Å²) < 4.78 is 2.08. The predicted octanol–water partition coefficient (Wildman–Crippen LogP) is 3.28. The van der Waals surface area contributed by atoms with E-state index in [-0.39, 0.29) is 5.91 Å². The summed E-state index contributed by atoms with van der Waals surface area (Å²) in [6.07, 6.45) is 2.39. The number of hydrogen-bond donors (Lipinski definition) is 1. The molecule has 1 N–H and O–H groups in total. The van der Waals surface area contributed by atoms with Gasteiger partial charge in [-0.05, 0) is 23.1 Å². The minimum atomic E-state index is -0.117. The fraction of sp³-hybridized carbons (Fsp3) is 0.167. The van der Waals surface area contributed by atoms with Crippen LogP contribution < -0.4 is 5.48 Å². The Morgan fingerprint density at radius 3 is 2.64 bits per heavy atom. The highest BCUT2D eigenvalue weighted by Gasteiger charge is 2.04. The lowest BCUT2D eigenvalue weighted by Crippen LogP contribution is -2.24. The van der Waals surface area contributed by atoms with E-state index in [1.165, 1.54) is 5.39 Å². The van der Waals surface area contributed by atoms with E-state index in [1.54, 1.807) is 0 Å². The van der Waals surface area contributed by atoms with Gasteiger partial charge in [-0.25, -0.2) is 5.48 Å². The zero-order chi connectivity index (χ0) is 15.2. The number of nitrogens with one attached hydrogen (secondary N) is 1. The molecule has 0 bridgehead atoms. The second kappa shape index (κ2) is 6.91. The molecule has 0 aliphatic heterocycles. The number of para-hydroxylation sites is 1. The topological polar surface area (TPSA) is 43.3 Å². The van der Waals surface area contributed by atoms with Crippen LogP contribution in [0, 0.1) is 0 Å². The van der Waals surface area contributed by atoms with Gasteiger partial charge in [0.25, 0.3) is 0 Å². The largest absolute Gasteiger partial charge is 0.347 e. The van der Waals surface area contributed by atoms with E-state index >= 15 is 0 Å². The lowest BCUT2D eigenvalue weighted by molar-refractivity contribution is -0.134. The molecule has 0 unspecified atom stereocenters. The van der Waals surface area contributed by atoms with E-state index in [1.807, 2.05) is 48.7 Å². The Kier molecular flexibility index (Phi) is 4.51. The van der Waals surface area contributed by atoms with E-state index in [9.17, 15) is 4.79 Å². The number of nitrogens with zero attached hydrogens (tertiary/aromatic N) is 1. The molecular formula is C18H18N2O2. The van der Waals surface area contributed by atoms with E-state index in [4.69, 9.17) is 4.84 Å². The highest BCUT2D eigenvalue weighted by molar-refractivity contribution is 5.80. The predicted molar refractivity (Wildman–Crippen MR) is 85.9 cm³/mol. The third kappa shape index (κ3) is 3.54. The Morgan fingerprint density at radius 2 is 1.77 bits per heavy atom. The number of aromatic nitrogens is 1. The first-order valence-corrected chi connectivity index (χ1v) is 7.31. The van der Waals surface area contributed by atoms with Crippen LogP contribution in [0.1, 0.15) is 12.0 Å². The van der Waals surface area contributed by atoms with Crippen LogP contribution in [0.5, 0.6) is 0 Å². The maximum absolute atomic E-state index is 11.8. The van der Waals surface area contributed by atoms with Crippen LogP contribution in [0.4, 0.5) is 0 Å². The second-order valence-electron chi connectivity index (χ2n) is 5.12. The summed E-state index contributed by atoms with van der Waals surface area (Å²) in [6.45, 7) is 1.01. The molecule has 0 saturated heterocycles. The van der Waals surface area contributed by atoms with Gasteiger partial charge in [-0.15, -0.1) is 0 Å². The highest BCUT2D eigenvalue weighted by Crippen LogP contribution is 2.15. The molecule has 3 aromatic rings. The van der Waals surface area contributed by atoms with E-state index in [2.05, 4.69) is 28.2 Å². The van der Waals surface area contributed by atoms with Crippen molar-refractivity contribution in [3.05, 3.63) is 72.4 Å². The van der Waals surface area contributed by atoms with Gasteiger partial charge in [0.2, 0.25) is 5.91 Å². The molecule has 1 aromatic heterocycles. The first-order valence-electron chi connectivity index (χ1n) is 7.31. The third-order valence-electron chi connectivity index (χ3n) is 3.53. The van der Waals surface area contributed by atoms with Crippen LogP contribution in [0.2, 0.25) is 0 Å². The molecule has 3 rings (SSSR count). The zero-order valence-electron chi connectivity index (χ0n) is 12.2. The van der Waals surface area contributed by atoms with Gasteiger partial charge in [0.15, 0.2) is 0 Å². The van der Waals surface area contributed by atoms with E-state index in [0.29, 0.717) is 19.6 Å². The summed E-state index contributed by atoms with van der Waals surface area (Å²) in [5.74, 6) is -0.117. The number of carbonyl (C=O) groups excluding carboxylic acids is 1. The van der Waals surface area contributed by atoms with Crippen LogP contribution in [-0.2, 0) is 22.8 Å². The Hall–Kier alpha value is -2.59. The average Bonchev–Trinajstić information content (AvgIpc) is 2.97. The van der Waals surface area contributed by atoms with Crippen LogP contribution in [0.3, 0.4) is 0 Å². The zero-order valence-corrected chi connectivity index (χ0v) is 12.2. The molecule has 112 valence electrons. The van der Waals surface area contributed by atoms with Crippen LogP contribution >= 0.6 is 0 Å². The summed E-state index contributed by atoms with van der Waals surface area (Å²) in [7, 11) is 0. The minimum absolute atomic E-state index is 0.117. The first-order chi connectivity index (χ1) is 10.8. The van der Waals surface area contributed by atoms with Crippen molar-refractivity contribution in [3.63, 3.8) is 0 Å². The molecule has 0 aliphatic rings. The van der Waals surface area contributed by atoms with Crippen molar-refractivity contribution in [1.29, 1.82) is 0 Å². The second-order valence-corrected chi connectivity index (χ2v) is 5.12. The van der Waals surface area contributed by atoms with E-state index < -0.39 is 0 Å². The van der Waals surface area contributed by atoms with Gasteiger partial charge >= 0.3 is 0 Å². The van der Waals surface area contributed by atoms with Gasteiger partial charge in [0, 0.05) is 24.7 Å². The van der Waals surface area contributed by atoms with Crippen molar-refractivity contribution >= 4 is 16.8 Å². The van der Waals surface area contributed by atoms with Crippen molar-refractivity contribution < 1.29 is 9.63 Å². The number of hydroxylamine groups is 1. The van der Waals surface area contributed by atoms with Gasteiger partial charge in [0.05, 0.1) is 6.61 Å². The van der Waals surface area contributed by atoms with Gasteiger partial charge in [-0.1, -0.05) is 48.5 Å². The molecule has 22 heavy (non-hydrogen) atoms. The number of carbonyl (C=O) groups is 1. The van der Waals surface area contributed by atoms with Crippen molar-refractivity contribution in [2.45, 2.75) is 19.6 Å². The molecule has 4 nitrogen and oxygen atoms in total. The third-order valence-corrected chi connectivity index (χ3v) is 3.53. The van der Waals surface area contributed by atoms with Gasteiger partial charge in [0.1, 0.15) is 0 Å². The number of aryl methyl sites for hydroxylation is 1. The molecule has 1 heterocycles. The summed E-state index contributed by atoms with van der Waals surface area (Å²) >= 11 is 0. The number of amides is 1. The van der Waals surface area contributed by atoms with Crippen LogP contribution in [0.25, 0.3) is 10.9 Å². The summed E-state index contributed by atoms with van der Waals surface area (Å²) in [4.78, 5) is 17.0. The fourth-order valence-electron chi connectivity index (χ4n) is 2.38. The summed E-state index contributed by atoms with van der Waals surface area (Å²) in [5.41, 5.74) is 4.66. The van der Waals surface area contributed by atoms with Gasteiger partial charge in [-0.3, -0.25) is 9.63 Å². The Labute approximate surface area is 129 Å². The van der Waals surface area contributed by atoms with Gasteiger partial charge < -0.3 is 4.57 Å². The minimum Gasteiger partial charge on any atom is -0.347 e. The van der Waals surface area contributed by atoms with Crippen molar-refractivity contribution in [2.75, 3.05) is 0 Å². The summed E-state index contributed by atoms with van der Waals surface area (Å²) in [5, 5.41) is 1.18. The fourth-order valence-corrected chi connectivity index (χ4v) is 2.38. The quantitative estimate of drug-likeness (QED) is 0.709. The molecule has 0 spiro atoms. The molecule has 0 radical (unpaired) electrons. The standard InChI is InChI=1S/C18H18N2O2/c21-18(19-22-14-15-6-2-1-3-7-15)11-13-20-12-10-16-8-4-5-9-17(16)20/h1-10,12H,11,13-14H2,(H,19,21). The average molecular weight is 294 g/mol. The first kappa shape index (κ1) is 14.4. The SMILES string of the molecule is O=C(CCn1ccc2ccccc21)NOCc1ccccc1. The molecular weight excluding hydrogens is 276 g/mol. The van der Waals surface area contributed by atoms with E-state index in [0.717, 1.165) is 11.1 Å². The molecule has 0 fully saturated rings. The number of fused-ring (bicyclic) bond motifs is 1. The Morgan fingerprint density at radius 1 is 1.00 bits per heavy atom. The van der Waals surface area contributed by atoms with Crippen molar-refractivity contribution in [3.8, 4) is 0 Å². The maximum Gasteiger partial charge on any atom is 0.245 e. The molecule has 0 aliphatic carbocycles. The van der Waals surface area contributed by atoms with Crippen molar-refractivity contribution in [2.24, 2.45) is 0 Å². The monoisotopic (exact) mass is 294 g/mol. The number of hydrogen-bond acceptors (Lipinski definition) is 2.